The van der Waals surface area contributed by atoms with Gasteiger partial charge in [-0.25, -0.2) is 5.01 Å². The number of fused-ring (bicyclic) bond motifs is 1. The van der Waals surface area contributed by atoms with E-state index in [1.165, 1.54) is 24.3 Å². The van der Waals surface area contributed by atoms with Gasteiger partial charge in [-0.2, -0.15) is 5.10 Å². The van der Waals surface area contributed by atoms with Crippen LogP contribution < -0.4 is 0 Å². The van der Waals surface area contributed by atoms with E-state index in [1.54, 1.807) is 7.05 Å². The number of carbonyl (C=O) groups is 2. The maximum Gasteiger partial charge on any atom is 0.270 e. The summed E-state index contributed by atoms with van der Waals surface area (Å²) >= 11 is 0. The number of hydrogen-bond donors (Lipinski definition) is 0. The monoisotopic (exact) mass is 291 g/mol. The fourth-order valence-electron chi connectivity index (χ4n) is 4.13. The summed E-state index contributed by atoms with van der Waals surface area (Å²) in [4.78, 5) is 26.4. The number of likely N-dealkylation sites (tertiary alicyclic amines) is 1. The Morgan fingerprint density at radius 1 is 1.24 bits per heavy atom. The molecule has 0 radical (unpaired) electrons. The first kappa shape index (κ1) is 14.5. The molecule has 2 aliphatic heterocycles. The van der Waals surface area contributed by atoms with Gasteiger partial charge in [0.2, 0.25) is 5.91 Å². The van der Waals surface area contributed by atoms with Crippen LogP contribution in [0.1, 0.15) is 51.9 Å². The fraction of sp³-hybridized carbons (Fsp3) is 0.812. The first-order chi connectivity index (χ1) is 10.1. The van der Waals surface area contributed by atoms with Crippen molar-refractivity contribution in [2.45, 2.75) is 57.9 Å². The van der Waals surface area contributed by atoms with Crippen molar-refractivity contribution in [2.75, 3.05) is 13.6 Å². The summed E-state index contributed by atoms with van der Waals surface area (Å²) in [6.45, 7) is 3.17. The molecule has 2 heterocycles. The minimum absolute atomic E-state index is 0.00504. The lowest BCUT2D eigenvalue weighted by atomic mass is 9.74. The van der Waals surface area contributed by atoms with Crippen molar-refractivity contribution in [3.63, 3.8) is 0 Å². The summed E-state index contributed by atoms with van der Waals surface area (Å²) in [6, 6.07) is 0.396. The zero-order valence-electron chi connectivity index (χ0n) is 13.0. The molecule has 116 valence electrons. The van der Waals surface area contributed by atoms with Crippen molar-refractivity contribution in [3.8, 4) is 0 Å². The highest BCUT2D eigenvalue weighted by Crippen LogP contribution is 2.38. The highest BCUT2D eigenvalue weighted by atomic mass is 16.2. The van der Waals surface area contributed by atoms with Crippen LogP contribution in [0.15, 0.2) is 5.10 Å². The first-order valence-electron chi connectivity index (χ1n) is 8.21. The molecule has 0 spiro atoms. The van der Waals surface area contributed by atoms with E-state index >= 15 is 0 Å². The van der Waals surface area contributed by atoms with Crippen LogP contribution >= 0.6 is 0 Å². The predicted octanol–water partition coefficient (Wildman–Crippen LogP) is 2.02. The van der Waals surface area contributed by atoms with Gasteiger partial charge < -0.3 is 4.90 Å². The summed E-state index contributed by atoms with van der Waals surface area (Å²) in [5.74, 6) is 1.51. The second-order valence-corrected chi connectivity index (χ2v) is 6.85. The topological polar surface area (TPSA) is 53.0 Å². The van der Waals surface area contributed by atoms with E-state index in [1.807, 2.05) is 0 Å². The van der Waals surface area contributed by atoms with E-state index in [9.17, 15) is 9.59 Å². The molecule has 2 amide bonds. The summed E-state index contributed by atoms with van der Waals surface area (Å²) < 4.78 is 0. The van der Waals surface area contributed by atoms with E-state index in [4.69, 9.17) is 0 Å². The van der Waals surface area contributed by atoms with Crippen LogP contribution in [0, 0.1) is 11.8 Å². The molecule has 5 heteroatoms. The number of hydrogen-bond acceptors (Lipinski definition) is 3. The fourth-order valence-corrected chi connectivity index (χ4v) is 4.13. The molecule has 0 aromatic carbocycles. The Balaban J connectivity index is 1.75. The normalized spacial score (nSPS) is 33.5. The van der Waals surface area contributed by atoms with E-state index < -0.39 is 0 Å². The summed E-state index contributed by atoms with van der Waals surface area (Å²) in [7, 11) is 1.63. The third kappa shape index (κ3) is 2.83. The third-order valence-corrected chi connectivity index (χ3v) is 5.29. The molecular weight excluding hydrogens is 266 g/mol. The Morgan fingerprint density at radius 2 is 2.05 bits per heavy atom. The zero-order valence-corrected chi connectivity index (χ0v) is 13.0. The minimum Gasteiger partial charge on any atom is -0.334 e. The van der Waals surface area contributed by atoms with Crippen LogP contribution in [-0.4, -0.2) is 47.1 Å². The number of amides is 2. The van der Waals surface area contributed by atoms with Crippen molar-refractivity contribution in [1.29, 1.82) is 0 Å². The number of hydrazone groups is 1. The van der Waals surface area contributed by atoms with Crippen molar-refractivity contribution in [2.24, 2.45) is 16.9 Å². The number of nitrogens with zero attached hydrogens (tertiary/aromatic N) is 3. The molecule has 2 fully saturated rings. The molecule has 1 saturated heterocycles. The lowest BCUT2D eigenvalue weighted by Crippen LogP contribution is -2.53. The van der Waals surface area contributed by atoms with Crippen LogP contribution in [0.2, 0.25) is 0 Å². The van der Waals surface area contributed by atoms with E-state index in [-0.39, 0.29) is 11.8 Å². The highest BCUT2D eigenvalue weighted by molar-refractivity contribution is 6.39. The second-order valence-electron chi connectivity index (χ2n) is 6.85. The van der Waals surface area contributed by atoms with Gasteiger partial charge in [0, 0.05) is 32.5 Å². The molecular formula is C16H25N3O2. The molecule has 3 rings (SSSR count). The maximum absolute atomic E-state index is 12.8. The molecule has 1 saturated carbocycles. The quantitative estimate of drug-likeness (QED) is 0.742. The first-order valence-corrected chi connectivity index (χ1v) is 8.21. The maximum atomic E-state index is 12.8. The number of piperidine rings is 1. The van der Waals surface area contributed by atoms with Gasteiger partial charge in [0.15, 0.2) is 0 Å². The molecule has 3 aliphatic rings. The van der Waals surface area contributed by atoms with Gasteiger partial charge in [-0.1, -0.05) is 6.92 Å². The Labute approximate surface area is 126 Å². The second kappa shape index (κ2) is 5.78. The molecule has 21 heavy (non-hydrogen) atoms. The summed E-state index contributed by atoms with van der Waals surface area (Å²) in [5, 5.41) is 5.52. The van der Waals surface area contributed by atoms with Crippen LogP contribution in [0.5, 0.6) is 0 Å². The Hall–Kier alpha value is -1.39. The van der Waals surface area contributed by atoms with Gasteiger partial charge >= 0.3 is 0 Å². The molecule has 0 N–H and O–H groups in total. The Morgan fingerprint density at radius 3 is 2.81 bits per heavy atom. The smallest absolute Gasteiger partial charge is 0.270 e. The predicted molar refractivity (Wildman–Crippen MR) is 80.7 cm³/mol. The molecule has 0 bridgehead atoms. The van der Waals surface area contributed by atoms with Crippen molar-refractivity contribution in [3.05, 3.63) is 0 Å². The highest BCUT2D eigenvalue weighted by Gasteiger charge is 2.39. The van der Waals surface area contributed by atoms with E-state index in [2.05, 4.69) is 16.9 Å². The number of carbonyl (C=O) groups excluding carboxylic acids is 2. The summed E-state index contributed by atoms with van der Waals surface area (Å²) in [6.07, 6.45) is 6.84. The molecule has 0 aromatic rings. The van der Waals surface area contributed by atoms with Crippen LogP contribution in [0.25, 0.3) is 0 Å². The third-order valence-electron chi connectivity index (χ3n) is 5.29. The van der Waals surface area contributed by atoms with Gasteiger partial charge in [0.25, 0.3) is 5.91 Å². The molecule has 3 atom stereocenters. The van der Waals surface area contributed by atoms with Crippen LogP contribution in [0.3, 0.4) is 0 Å². The largest absolute Gasteiger partial charge is 0.334 e. The van der Waals surface area contributed by atoms with Crippen LogP contribution in [-0.2, 0) is 9.59 Å². The standard InChI is InChI=1S/C16H25N3O2/c1-11-5-7-14-12(10-11)4-3-9-19(14)16(21)13-6-8-15(20)18(2)17-13/h11-12,14H,3-10H2,1-2H3/t11-,12+,14-/m1/s1. The van der Waals surface area contributed by atoms with E-state index in [0.717, 1.165) is 25.3 Å². The van der Waals surface area contributed by atoms with E-state index in [0.29, 0.717) is 30.5 Å². The van der Waals surface area contributed by atoms with Gasteiger partial charge in [-0.15, -0.1) is 0 Å². The van der Waals surface area contributed by atoms with Crippen LogP contribution in [0.4, 0.5) is 0 Å². The van der Waals surface area contributed by atoms with Gasteiger partial charge in [0.1, 0.15) is 5.71 Å². The SMILES string of the molecule is C[C@@H]1CC[C@@H]2[C@@H](CCCN2C(=O)C2=NN(C)C(=O)CC2)C1. The van der Waals surface area contributed by atoms with Gasteiger partial charge in [0.05, 0.1) is 0 Å². The van der Waals surface area contributed by atoms with Crippen molar-refractivity contribution >= 4 is 17.5 Å². The number of rotatable bonds is 1. The molecule has 0 aromatic heterocycles. The molecule has 5 nitrogen and oxygen atoms in total. The van der Waals surface area contributed by atoms with Crippen molar-refractivity contribution < 1.29 is 9.59 Å². The lowest BCUT2D eigenvalue weighted by molar-refractivity contribution is -0.132. The average Bonchev–Trinajstić information content (AvgIpc) is 2.48. The van der Waals surface area contributed by atoms with Gasteiger partial charge in [-0.3, -0.25) is 9.59 Å². The summed E-state index contributed by atoms with van der Waals surface area (Å²) in [5.41, 5.74) is 0.566. The minimum atomic E-state index is -0.00504. The molecule has 0 unspecified atom stereocenters. The Bertz CT molecular complexity index is 474. The van der Waals surface area contributed by atoms with Gasteiger partial charge in [-0.05, 0) is 43.9 Å². The Kier molecular flexibility index (Phi) is 4.00. The average molecular weight is 291 g/mol. The zero-order chi connectivity index (χ0) is 15.0. The van der Waals surface area contributed by atoms with Crippen molar-refractivity contribution in [1.82, 2.24) is 9.91 Å². The lowest BCUT2D eigenvalue weighted by Gasteiger charge is -2.46. The molecule has 1 aliphatic carbocycles.